The normalized spacial score (nSPS) is 11.9. The molecule has 100 heavy (non-hydrogen) atoms. The molecular formula is C75H128N4O21. The molecule has 25 heteroatoms. The maximum atomic E-state index is 14.8. The van der Waals surface area contributed by atoms with Gasteiger partial charge in [0.05, 0.1) is 45.4 Å². The summed E-state index contributed by atoms with van der Waals surface area (Å²) < 4.78 is 34.9. The number of esters is 5. The molecule has 0 amide bonds. The molecular weight excluding hydrogens is 1290 g/mol. The lowest BCUT2D eigenvalue weighted by molar-refractivity contribution is -0.180. The molecule has 0 aliphatic carbocycles. The Kier molecular flexibility index (Phi) is 56.3. The number of aliphatic carboxylic acids is 5. The van der Waals surface area contributed by atoms with Crippen molar-refractivity contribution in [1.29, 1.82) is 0 Å². The van der Waals surface area contributed by atoms with Crippen LogP contribution in [0.15, 0.2) is 30.3 Å². The topological polar surface area (TPSA) is 340 Å². The van der Waals surface area contributed by atoms with Crippen LogP contribution in [0.4, 0.5) is 0 Å². The number of hydrogen-bond acceptors (Lipinski definition) is 20. The molecule has 0 aliphatic rings. The van der Waals surface area contributed by atoms with Gasteiger partial charge >= 0.3 is 59.7 Å². The SMILES string of the molecule is CCCCCCCCCCCCCC(=O)OCC(COC(=O)CCCCCCCCCCCCC)(COC(=O)CCCCCCCCCCCCC)C(=O)OCCN(CCOCC(=O)OCC(CN(CCN(CC(=O)O)CC(=O)O)CC(=O)O)N(CC(=O)O)CC(=O)O)Cc1ccccc1. The fourth-order valence-electron chi connectivity index (χ4n) is 11.6. The number of nitrogens with zero attached hydrogens (tertiary/aromatic N) is 4. The minimum atomic E-state index is -1.93. The molecule has 0 aromatic heterocycles. The van der Waals surface area contributed by atoms with Gasteiger partial charge in [-0.2, -0.15) is 0 Å². The predicted molar refractivity (Wildman–Crippen MR) is 379 cm³/mol. The lowest BCUT2D eigenvalue weighted by atomic mass is 9.91. The van der Waals surface area contributed by atoms with Gasteiger partial charge in [0.25, 0.3) is 0 Å². The van der Waals surface area contributed by atoms with Crippen molar-refractivity contribution in [3.63, 3.8) is 0 Å². The van der Waals surface area contributed by atoms with E-state index in [1.165, 1.54) is 120 Å². The molecule has 0 saturated carbocycles. The van der Waals surface area contributed by atoms with Gasteiger partial charge in [-0.05, 0) is 24.8 Å². The molecule has 1 atom stereocenters. The van der Waals surface area contributed by atoms with Crippen LogP contribution in [0, 0.1) is 5.41 Å². The summed E-state index contributed by atoms with van der Waals surface area (Å²) in [6, 6.07) is 8.06. The van der Waals surface area contributed by atoms with E-state index in [-0.39, 0.29) is 58.7 Å². The molecule has 1 aromatic rings. The van der Waals surface area contributed by atoms with Gasteiger partial charge in [-0.3, -0.25) is 62.8 Å². The number of rotatable bonds is 71. The third-order valence-corrected chi connectivity index (χ3v) is 17.5. The average molecular weight is 1420 g/mol. The lowest BCUT2D eigenvalue weighted by Crippen LogP contribution is -2.52. The monoisotopic (exact) mass is 1420 g/mol. The summed E-state index contributed by atoms with van der Waals surface area (Å²) in [7, 11) is 0. The van der Waals surface area contributed by atoms with Gasteiger partial charge in [0.2, 0.25) is 0 Å². The van der Waals surface area contributed by atoms with E-state index in [9.17, 15) is 73.5 Å². The van der Waals surface area contributed by atoms with Crippen molar-refractivity contribution >= 4 is 59.7 Å². The fraction of sp³-hybridized carbons (Fsp3) is 0.787. The van der Waals surface area contributed by atoms with E-state index >= 15 is 0 Å². The number of ether oxygens (including phenoxy) is 6. The summed E-state index contributed by atoms with van der Waals surface area (Å²) in [5.74, 6) is -10.5. The Labute approximate surface area is 596 Å². The third kappa shape index (κ3) is 52.7. The Hall–Kier alpha value is -6.28. The molecule has 0 bridgehead atoms. The van der Waals surface area contributed by atoms with Crippen LogP contribution in [-0.4, -0.2) is 223 Å². The van der Waals surface area contributed by atoms with Crippen LogP contribution in [0.3, 0.4) is 0 Å². The largest absolute Gasteiger partial charge is 0.480 e. The van der Waals surface area contributed by atoms with Gasteiger partial charge in [0.1, 0.15) is 39.6 Å². The van der Waals surface area contributed by atoms with Gasteiger partial charge in [-0.25, -0.2) is 4.79 Å². The predicted octanol–water partition coefficient (Wildman–Crippen LogP) is 12.0. The van der Waals surface area contributed by atoms with Crippen LogP contribution < -0.4 is 0 Å². The Balaban J connectivity index is 3.40. The fourth-order valence-corrected chi connectivity index (χ4v) is 11.6. The highest BCUT2D eigenvalue weighted by Gasteiger charge is 2.45. The molecule has 0 radical (unpaired) electrons. The number of carbonyl (C=O) groups is 10. The molecule has 574 valence electrons. The molecule has 5 N–H and O–H groups in total. The number of hydrogen-bond donors (Lipinski definition) is 5. The van der Waals surface area contributed by atoms with Crippen molar-refractivity contribution in [3.05, 3.63) is 35.9 Å². The van der Waals surface area contributed by atoms with E-state index in [4.69, 9.17) is 28.4 Å². The second-order valence-corrected chi connectivity index (χ2v) is 26.7. The maximum Gasteiger partial charge on any atom is 0.332 e. The van der Waals surface area contributed by atoms with Crippen molar-refractivity contribution in [2.75, 3.05) is 112 Å². The van der Waals surface area contributed by atoms with Crippen LogP contribution in [-0.2, 0) is 82.9 Å². The molecule has 25 nitrogen and oxygen atoms in total. The highest BCUT2D eigenvalue weighted by atomic mass is 16.6. The van der Waals surface area contributed by atoms with Gasteiger partial charge in [-0.1, -0.05) is 244 Å². The van der Waals surface area contributed by atoms with Gasteiger partial charge < -0.3 is 54.0 Å². The van der Waals surface area contributed by atoms with Crippen molar-refractivity contribution in [1.82, 2.24) is 19.6 Å². The van der Waals surface area contributed by atoms with Crippen LogP contribution >= 0.6 is 0 Å². The van der Waals surface area contributed by atoms with Gasteiger partial charge in [0, 0.05) is 58.5 Å². The lowest BCUT2D eigenvalue weighted by Gasteiger charge is -2.33. The zero-order valence-corrected chi connectivity index (χ0v) is 61.2. The Morgan fingerprint density at radius 1 is 0.370 bits per heavy atom. The smallest absolute Gasteiger partial charge is 0.332 e. The number of unbranched alkanes of at least 4 members (excludes halogenated alkanes) is 30. The zero-order chi connectivity index (χ0) is 73.7. The van der Waals surface area contributed by atoms with Crippen molar-refractivity contribution in [2.24, 2.45) is 5.41 Å². The van der Waals surface area contributed by atoms with Crippen LogP contribution in [0.2, 0.25) is 0 Å². The molecule has 0 fully saturated rings. The highest BCUT2D eigenvalue weighted by molar-refractivity contribution is 5.80. The maximum absolute atomic E-state index is 14.8. The third-order valence-electron chi connectivity index (χ3n) is 17.5. The summed E-state index contributed by atoms with van der Waals surface area (Å²) in [6.07, 6.45) is 36.2. The molecule has 0 saturated heterocycles. The molecule has 1 rings (SSSR count). The first kappa shape index (κ1) is 91.7. The Bertz CT molecular complexity index is 2230. The van der Waals surface area contributed by atoms with Crippen LogP contribution in [0.25, 0.3) is 0 Å². The first-order valence-corrected chi connectivity index (χ1v) is 37.6. The standard InChI is InChI=1S/C75H128N4O21/c1-4-7-10-13-16-19-22-25-28-31-37-42-70(90)98-60-75(61-99-71(91)43-38-32-29-26-23-20-17-14-11-8-5-2,62-100-72(92)44-39-33-30-27-24-21-18-15-12-9-6-3)74(94)96-50-48-76(51-63-40-35-34-36-41-63)47-49-95-59-73(93)97-58-64(79(56-68(86)87)57-69(88)89)52-77(53-65(80)81)45-46-78(54-66(82)83)55-67(84)85/h34-36,40-41,64H,4-33,37-39,42-62H2,1-3H3,(H,80,81)(H,82,83)(H,84,85)(H,86,87)(H,88,89). The zero-order valence-electron chi connectivity index (χ0n) is 61.2. The van der Waals surface area contributed by atoms with Crippen molar-refractivity contribution < 1.29 is 102 Å². The quantitative estimate of drug-likeness (QED) is 0.0230. The summed E-state index contributed by atoms with van der Waals surface area (Å²) in [5, 5.41) is 47.8. The van der Waals surface area contributed by atoms with Crippen molar-refractivity contribution in [3.8, 4) is 0 Å². The van der Waals surface area contributed by atoms with Gasteiger partial charge in [0.15, 0.2) is 5.41 Å². The molecule has 0 heterocycles. The summed E-state index contributed by atoms with van der Waals surface area (Å²) >= 11 is 0. The molecule has 1 aromatic carbocycles. The van der Waals surface area contributed by atoms with E-state index in [0.29, 0.717) is 25.8 Å². The summed E-state index contributed by atoms with van der Waals surface area (Å²) in [5.41, 5.74) is -1.06. The highest BCUT2D eigenvalue weighted by Crippen LogP contribution is 2.25. The molecule has 0 aliphatic heterocycles. The molecule has 1 unspecified atom stereocenters. The van der Waals surface area contributed by atoms with Crippen LogP contribution in [0.1, 0.15) is 257 Å². The minimum Gasteiger partial charge on any atom is -0.480 e. The van der Waals surface area contributed by atoms with E-state index < -0.39 is 143 Å². The van der Waals surface area contributed by atoms with Gasteiger partial charge in [-0.15, -0.1) is 0 Å². The number of benzene rings is 1. The second-order valence-electron chi connectivity index (χ2n) is 26.7. The second kappa shape index (κ2) is 61.4. The van der Waals surface area contributed by atoms with E-state index in [2.05, 4.69) is 20.8 Å². The summed E-state index contributed by atoms with van der Waals surface area (Å²) in [6.45, 7) is -1.00. The molecule has 0 spiro atoms. The van der Waals surface area contributed by atoms with E-state index in [1.807, 2.05) is 35.2 Å². The first-order valence-electron chi connectivity index (χ1n) is 37.6. The minimum absolute atomic E-state index is 0.0857. The number of carboxylic acid groups (broad SMARTS) is 5. The summed E-state index contributed by atoms with van der Waals surface area (Å²) in [4.78, 5) is 133. The Morgan fingerprint density at radius 2 is 0.710 bits per heavy atom. The first-order chi connectivity index (χ1) is 48.2. The number of carbonyl (C=O) groups excluding carboxylic acids is 5. The van der Waals surface area contributed by atoms with E-state index in [1.54, 1.807) is 0 Å². The number of carboxylic acids is 5. The van der Waals surface area contributed by atoms with Crippen molar-refractivity contribution in [2.45, 2.75) is 265 Å². The average Bonchev–Trinajstić information content (AvgIpc) is 0.829. The van der Waals surface area contributed by atoms with E-state index in [0.717, 1.165) is 92.4 Å². The Morgan fingerprint density at radius 3 is 1.08 bits per heavy atom. The van der Waals surface area contributed by atoms with Crippen LogP contribution in [0.5, 0.6) is 0 Å².